The van der Waals surface area contributed by atoms with Gasteiger partial charge in [0.15, 0.2) is 0 Å². The van der Waals surface area contributed by atoms with E-state index < -0.39 is 17.5 Å². The zero-order valence-corrected chi connectivity index (χ0v) is 11.0. The number of carbonyl (C=O) groups excluding carboxylic acids is 1. The van der Waals surface area contributed by atoms with E-state index in [1.807, 2.05) is 0 Å². The van der Waals surface area contributed by atoms with Gasteiger partial charge < -0.3 is 20.8 Å². The second-order valence-corrected chi connectivity index (χ2v) is 5.70. The van der Waals surface area contributed by atoms with Crippen molar-refractivity contribution in [2.75, 3.05) is 0 Å². The maximum Gasteiger partial charge on any atom is 0.329 e. The molecule has 2 aliphatic rings. The van der Waals surface area contributed by atoms with Gasteiger partial charge in [0.05, 0.1) is 6.10 Å². The van der Waals surface area contributed by atoms with Crippen LogP contribution in [0.1, 0.15) is 51.4 Å². The summed E-state index contributed by atoms with van der Waals surface area (Å²) in [4.78, 5) is 23.2. The largest absolute Gasteiger partial charge is 0.480 e. The Labute approximate surface area is 112 Å². The van der Waals surface area contributed by atoms with Crippen molar-refractivity contribution < 1.29 is 19.8 Å². The smallest absolute Gasteiger partial charge is 0.329 e. The Hall–Kier alpha value is -1.30. The Balaban J connectivity index is 1.85. The van der Waals surface area contributed by atoms with Gasteiger partial charge in [-0.3, -0.25) is 0 Å². The summed E-state index contributed by atoms with van der Waals surface area (Å²) >= 11 is 0. The molecule has 6 nitrogen and oxygen atoms in total. The van der Waals surface area contributed by atoms with Gasteiger partial charge in [0.25, 0.3) is 0 Å². The van der Waals surface area contributed by atoms with Crippen LogP contribution in [0.4, 0.5) is 4.79 Å². The molecule has 0 saturated heterocycles. The molecule has 0 aromatic carbocycles. The molecule has 0 heterocycles. The molecule has 0 unspecified atom stereocenters. The first-order chi connectivity index (χ1) is 9.02. The molecule has 0 atom stereocenters. The molecule has 6 heteroatoms. The Kier molecular flexibility index (Phi) is 4.29. The normalized spacial score (nSPS) is 29.7. The SMILES string of the molecule is O=C(NC1CCC(O)CC1)NC1(C(=O)O)CCCC1. The van der Waals surface area contributed by atoms with Crippen LogP contribution in [0.25, 0.3) is 0 Å². The first-order valence-electron chi connectivity index (χ1n) is 7.02. The molecule has 0 bridgehead atoms. The lowest BCUT2D eigenvalue weighted by atomic mass is 9.93. The number of carboxylic acid groups (broad SMARTS) is 1. The monoisotopic (exact) mass is 270 g/mol. The van der Waals surface area contributed by atoms with E-state index >= 15 is 0 Å². The van der Waals surface area contributed by atoms with E-state index in [2.05, 4.69) is 10.6 Å². The average Bonchev–Trinajstić information content (AvgIpc) is 2.82. The number of aliphatic hydroxyl groups excluding tert-OH is 1. The highest BCUT2D eigenvalue weighted by Gasteiger charge is 2.42. The van der Waals surface area contributed by atoms with E-state index in [-0.39, 0.29) is 12.1 Å². The quantitative estimate of drug-likeness (QED) is 0.614. The number of hydrogen-bond donors (Lipinski definition) is 4. The summed E-state index contributed by atoms with van der Waals surface area (Å²) < 4.78 is 0. The lowest BCUT2D eigenvalue weighted by molar-refractivity contribution is -0.144. The summed E-state index contributed by atoms with van der Waals surface area (Å²) in [7, 11) is 0. The Morgan fingerprint density at radius 2 is 1.63 bits per heavy atom. The number of hydrogen-bond acceptors (Lipinski definition) is 3. The highest BCUT2D eigenvalue weighted by molar-refractivity contribution is 5.86. The van der Waals surface area contributed by atoms with Gasteiger partial charge in [0.1, 0.15) is 5.54 Å². The summed E-state index contributed by atoms with van der Waals surface area (Å²) in [6, 6.07) is -0.360. The predicted molar refractivity (Wildman–Crippen MR) is 68.8 cm³/mol. The first-order valence-corrected chi connectivity index (χ1v) is 7.02. The van der Waals surface area contributed by atoms with E-state index in [4.69, 9.17) is 0 Å². The van der Waals surface area contributed by atoms with E-state index in [0.29, 0.717) is 25.7 Å². The molecular weight excluding hydrogens is 248 g/mol. The van der Waals surface area contributed by atoms with Crippen LogP contribution in [0.3, 0.4) is 0 Å². The van der Waals surface area contributed by atoms with Gasteiger partial charge >= 0.3 is 12.0 Å². The number of carboxylic acids is 1. The standard InChI is InChI=1S/C13H22N2O4/c16-10-5-3-9(4-6-10)14-12(19)15-13(11(17)18)7-1-2-8-13/h9-10,16H,1-8H2,(H,17,18)(H2,14,15,19). The fourth-order valence-corrected chi connectivity index (χ4v) is 3.03. The lowest BCUT2D eigenvalue weighted by Crippen LogP contribution is -2.57. The molecule has 2 fully saturated rings. The Morgan fingerprint density at radius 3 is 2.16 bits per heavy atom. The average molecular weight is 270 g/mol. The van der Waals surface area contributed by atoms with Crippen molar-refractivity contribution in [2.24, 2.45) is 0 Å². The number of carbonyl (C=O) groups is 2. The molecule has 0 aliphatic heterocycles. The van der Waals surface area contributed by atoms with Gasteiger partial charge in [-0.05, 0) is 38.5 Å². The first kappa shape index (κ1) is 14.1. The van der Waals surface area contributed by atoms with Crippen LogP contribution >= 0.6 is 0 Å². The molecule has 108 valence electrons. The van der Waals surface area contributed by atoms with E-state index in [9.17, 15) is 19.8 Å². The molecular formula is C13H22N2O4. The maximum absolute atomic E-state index is 11.9. The molecule has 2 aliphatic carbocycles. The van der Waals surface area contributed by atoms with Crippen molar-refractivity contribution in [2.45, 2.75) is 69.1 Å². The molecule has 4 N–H and O–H groups in total. The third-order valence-electron chi connectivity index (χ3n) is 4.25. The summed E-state index contributed by atoms with van der Waals surface area (Å²) in [5, 5.41) is 24.1. The molecule has 2 rings (SSSR count). The molecule has 0 aromatic rings. The fourth-order valence-electron chi connectivity index (χ4n) is 3.03. The topological polar surface area (TPSA) is 98.7 Å². The van der Waals surface area contributed by atoms with Crippen LogP contribution < -0.4 is 10.6 Å². The minimum atomic E-state index is -1.09. The summed E-state index contributed by atoms with van der Waals surface area (Å²) in [6.07, 6.45) is 5.28. The summed E-state index contributed by atoms with van der Waals surface area (Å²) in [5.41, 5.74) is -1.09. The van der Waals surface area contributed by atoms with Crippen LogP contribution in [0, 0.1) is 0 Å². The molecule has 0 radical (unpaired) electrons. The maximum atomic E-state index is 11.9. The minimum Gasteiger partial charge on any atom is -0.480 e. The predicted octanol–water partition coefficient (Wildman–Crippen LogP) is 0.986. The molecule has 2 amide bonds. The second-order valence-electron chi connectivity index (χ2n) is 5.70. The lowest BCUT2D eigenvalue weighted by Gasteiger charge is -2.29. The van der Waals surface area contributed by atoms with Crippen molar-refractivity contribution in [3.05, 3.63) is 0 Å². The van der Waals surface area contributed by atoms with E-state index in [1.165, 1.54) is 0 Å². The third kappa shape index (κ3) is 3.37. The third-order valence-corrected chi connectivity index (χ3v) is 4.25. The van der Waals surface area contributed by atoms with Crippen LogP contribution in [-0.2, 0) is 4.79 Å². The zero-order chi connectivity index (χ0) is 13.9. The van der Waals surface area contributed by atoms with Crippen LogP contribution in [0.5, 0.6) is 0 Å². The van der Waals surface area contributed by atoms with Crippen molar-refractivity contribution in [1.82, 2.24) is 10.6 Å². The fraction of sp³-hybridized carbons (Fsp3) is 0.846. The number of aliphatic hydroxyl groups is 1. The van der Waals surface area contributed by atoms with Crippen molar-refractivity contribution in [3.63, 3.8) is 0 Å². The number of aliphatic carboxylic acids is 1. The molecule has 19 heavy (non-hydrogen) atoms. The van der Waals surface area contributed by atoms with E-state index in [1.54, 1.807) is 0 Å². The number of nitrogens with one attached hydrogen (secondary N) is 2. The molecule has 0 spiro atoms. The highest BCUT2D eigenvalue weighted by atomic mass is 16.4. The van der Waals surface area contributed by atoms with Crippen molar-refractivity contribution >= 4 is 12.0 Å². The van der Waals surface area contributed by atoms with Gasteiger partial charge in [0.2, 0.25) is 0 Å². The zero-order valence-electron chi connectivity index (χ0n) is 11.0. The molecule has 2 saturated carbocycles. The van der Waals surface area contributed by atoms with Gasteiger partial charge in [-0.25, -0.2) is 9.59 Å². The number of amides is 2. The van der Waals surface area contributed by atoms with Crippen molar-refractivity contribution in [1.29, 1.82) is 0 Å². The van der Waals surface area contributed by atoms with Crippen LogP contribution in [-0.4, -0.2) is 39.9 Å². The van der Waals surface area contributed by atoms with Gasteiger partial charge in [-0.15, -0.1) is 0 Å². The Bertz CT molecular complexity index is 345. The number of urea groups is 1. The van der Waals surface area contributed by atoms with Crippen molar-refractivity contribution in [3.8, 4) is 0 Å². The molecule has 0 aromatic heterocycles. The minimum absolute atomic E-state index is 0.0376. The Morgan fingerprint density at radius 1 is 1.05 bits per heavy atom. The van der Waals surface area contributed by atoms with Crippen LogP contribution in [0.15, 0.2) is 0 Å². The van der Waals surface area contributed by atoms with Gasteiger partial charge in [0, 0.05) is 6.04 Å². The highest BCUT2D eigenvalue weighted by Crippen LogP contribution is 2.30. The summed E-state index contributed by atoms with van der Waals surface area (Å²) in [5.74, 6) is -0.945. The van der Waals surface area contributed by atoms with Crippen LogP contribution in [0.2, 0.25) is 0 Å². The summed E-state index contributed by atoms with van der Waals surface area (Å²) in [6.45, 7) is 0. The second kappa shape index (κ2) is 5.77. The van der Waals surface area contributed by atoms with Gasteiger partial charge in [-0.1, -0.05) is 12.8 Å². The van der Waals surface area contributed by atoms with Gasteiger partial charge in [-0.2, -0.15) is 0 Å². The van der Waals surface area contributed by atoms with E-state index in [0.717, 1.165) is 25.7 Å². The number of rotatable bonds is 3.